The van der Waals surface area contributed by atoms with Gasteiger partial charge in [0.25, 0.3) is 0 Å². The van der Waals surface area contributed by atoms with E-state index in [2.05, 4.69) is 249 Å². The van der Waals surface area contributed by atoms with Gasteiger partial charge in [-0.05, 0) is 247 Å². The second-order valence-corrected chi connectivity index (χ2v) is 34.1. The highest BCUT2D eigenvalue weighted by Gasteiger charge is 2.53. The molecule has 18 aromatic rings. The Kier molecular flexibility index (Phi) is 23.9. The van der Waals surface area contributed by atoms with E-state index in [0.717, 1.165) is 150 Å². The fourth-order valence-corrected chi connectivity index (χ4v) is 15.3. The second-order valence-electron chi connectivity index (χ2n) is 33.1. The molecule has 20 rings (SSSR count). The summed E-state index contributed by atoms with van der Waals surface area (Å²) in [5.41, 5.74) is 22.3. The first-order valence-electron chi connectivity index (χ1n) is 42.2. The van der Waals surface area contributed by atoms with Crippen molar-refractivity contribution in [1.82, 2.24) is 59.8 Å². The molecule has 0 bridgehead atoms. The van der Waals surface area contributed by atoms with Gasteiger partial charge in [0.2, 0.25) is 0 Å². The molecule has 19 heteroatoms. The predicted octanol–water partition coefficient (Wildman–Crippen LogP) is 24.2. The lowest BCUT2D eigenvalue weighted by Crippen LogP contribution is -2.41. The maximum Gasteiger partial charge on any atom is 0.494 e. The molecule has 0 saturated carbocycles. The molecule has 0 radical (unpaired) electrons. The first-order valence-corrected chi connectivity index (χ1v) is 43.0. The number of pyridine rings is 6. The summed E-state index contributed by atoms with van der Waals surface area (Å²) in [5.74, 6) is 3.35. The first-order chi connectivity index (χ1) is 61.7. The minimum Gasteiger partial charge on any atom is -0.399 e. The molecule has 127 heavy (non-hydrogen) atoms. The molecule has 2 aliphatic heterocycles. The van der Waals surface area contributed by atoms with Crippen molar-refractivity contribution < 1.29 is 18.6 Å². The van der Waals surface area contributed by atoms with Gasteiger partial charge in [-0.25, -0.2) is 29.9 Å². The Hall–Kier alpha value is -14.4. The van der Waals surface area contributed by atoms with Crippen molar-refractivity contribution in [2.24, 2.45) is 0 Å². The summed E-state index contributed by atoms with van der Waals surface area (Å²) in [6, 6.07) is 117. The minimum atomic E-state index is -0.572. The molecular formula is C108H87B2BrN12O4. The highest BCUT2D eigenvalue weighted by atomic mass is 79.9. The normalized spacial score (nSPS) is 14.0. The maximum atomic E-state index is 6.57. The SMILES string of the molecule is Brc1ccc(-c2ccccn2)nc1.CC1(C)OB(c2cc(-c3ccccc3)cc(-c3nc(-c4ccccc4)nc(-c4cc(B5OC(C)(C)C(C)(C)O5)cc(-c5ccccc5)c4)n3)c2)OC1(C)C.c1ccc(-c2cc(-c3ccc(-c4ccccn4)nc3)cc(-c3nc(-c4ccccc4)nc(-c4cc(-c5ccccc5)cc(-c5ccc(-c6ccccn6)nc5)c4)n3)c2)cc1. The number of halogens is 1. The van der Waals surface area contributed by atoms with Crippen LogP contribution in [-0.4, -0.2) is 96.4 Å². The molecule has 8 aromatic heterocycles. The predicted molar refractivity (Wildman–Crippen MR) is 514 cm³/mol. The molecule has 0 amide bonds. The van der Waals surface area contributed by atoms with E-state index < -0.39 is 36.6 Å². The summed E-state index contributed by atoms with van der Waals surface area (Å²) in [5, 5.41) is 0. The standard InChI is InChI=1S/C53H35N7.C45H45B2N3O4.C10H7BrN2/c1-4-14-36(15-5-1)41-28-43(39-22-24-49(56-34-39)47-20-10-12-26-54-47)32-45(30-41)52-58-51(38-18-8-3-9-19-38)59-53(60-52)46-31-42(37-16-6-2-7-17-37)29-44(33-46)40-23-25-50(57-35-40)48-21-11-13-27-55-48;1-42(2)43(3,4)52-46(51-42)37-26-33(30-18-12-9-13-19-30)24-35(28-37)40-48-39(32-22-16-11-17-23-32)49-41(50-40)36-25-34(31-20-14-10-15-21-31)27-38(29-36)47-53-44(5,6)45(7,8)54-47;11-8-4-5-10(13-7-8)9-3-1-2-6-12-9/h1-35H;9-29H,1-8H3;1-7H. The topological polar surface area (TPSA) is 192 Å². The Labute approximate surface area is 749 Å². The van der Waals surface area contributed by atoms with Crippen molar-refractivity contribution in [2.45, 2.75) is 77.8 Å². The van der Waals surface area contributed by atoms with Crippen molar-refractivity contribution in [3.63, 3.8) is 0 Å². The third-order valence-electron chi connectivity index (χ3n) is 23.3. The summed E-state index contributed by atoms with van der Waals surface area (Å²) in [4.78, 5) is 58.1. The van der Waals surface area contributed by atoms with Crippen LogP contribution in [0, 0.1) is 0 Å². The zero-order chi connectivity index (χ0) is 87.1. The van der Waals surface area contributed by atoms with Gasteiger partial charge in [-0.15, -0.1) is 0 Å². The van der Waals surface area contributed by atoms with Gasteiger partial charge in [-0.2, -0.15) is 0 Å². The number of rotatable bonds is 17. The number of benzene rings is 10. The molecule has 616 valence electrons. The summed E-state index contributed by atoms with van der Waals surface area (Å²) < 4.78 is 27.2. The quantitative estimate of drug-likeness (QED) is 0.0781. The van der Waals surface area contributed by atoms with Crippen LogP contribution in [0.4, 0.5) is 0 Å². The zero-order valence-electron chi connectivity index (χ0n) is 71.4. The average Bonchev–Trinajstić information content (AvgIpc) is 1.61. The van der Waals surface area contributed by atoms with E-state index >= 15 is 0 Å². The van der Waals surface area contributed by atoms with Crippen LogP contribution in [0.1, 0.15) is 55.4 Å². The summed E-state index contributed by atoms with van der Waals surface area (Å²) in [6.45, 7) is 16.6. The Morgan fingerprint density at radius 3 is 0.677 bits per heavy atom. The lowest BCUT2D eigenvalue weighted by molar-refractivity contribution is 0.00578. The van der Waals surface area contributed by atoms with E-state index in [9.17, 15) is 0 Å². The zero-order valence-corrected chi connectivity index (χ0v) is 73.0. The minimum absolute atomic E-state index is 0.500. The summed E-state index contributed by atoms with van der Waals surface area (Å²) in [7, 11) is -1.14. The lowest BCUT2D eigenvalue weighted by atomic mass is 9.76. The molecule has 10 heterocycles. The molecule has 0 N–H and O–H groups in total. The van der Waals surface area contributed by atoms with Gasteiger partial charge in [-0.1, -0.05) is 237 Å². The molecule has 10 aromatic carbocycles. The number of aromatic nitrogens is 12. The van der Waals surface area contributed by atoms with Crippen LogP contribution >= 0.6 is 15.9 Å². The fourth-order valence-electron chi connectivity index (χ4n) is 15.0. The van der Waals surface area contributed by atoms with E-state index in [0.29, 0.717) is 34.9 Å². The molecule has 0 spiro atoms. The van der Waals surface area contributed by atoms with Crippen LogP contribution in [0.25, 0.3) is 169 Å². The Bertz CT molecular complexity index is 6510. The smallest absolute Gasteiger partial charge is 0.399 e. The average molecular weight is 1720 g/mol. The Morgan fingerprint density at radius 1 is 0.197 bits per heavy atom. The van der Waals surface area contributed by atoms with Crippen LogP contribution in [0.5, 0.6) is 0 Å². The van der Waals surface area contributed by atoms with Crippen LogP contribution in [0.3, 0.4) is 0 Å². The van der Waals surface area contributed by atoms with Crippen molar-refractivity contribution in [2.75, 3.05) is 0 Å². The summed E-state index contributed by atoms with van der Waals surface area (Å²) >= 11 is 3.34. The van der Waals surface area contributed by atoms with E-state index in [-0.39, 0.29) is 0 Å². The van der Waals surface area contributed by atoms with Crippen molar-refractivity contribution in [3.8, 4) is 169 Å². The largest absolute Gasteiger partial charge is 0.494 e. The third kappa shape index (κ3) is 19.0. The molecule has 2 fully saturated rings. The van der Waals surface area contributed by atoms with Crippen molar-refractivity contribution in [3.05, 3.63) is 387 Å². The molecular weight excluding hydrogens is 1630 g/mol. The molecule has 0 unspecified atom stereocenters. The van der Waals surface area contributed by atoms with Gasteiger partial charge in [0.15, 0.2) is 34.9 Å². The van der Waals surface area contributed by atoms with Crippen LogP contribution in [-0.2, 0) is 18.6 Å². The highest BCUT2D eigenvalue weighted by Crippen LogP contribution is 2.42. The van der Waals surface area contributed by atoms with Gasteiger partial charge >= 0.3 is 14.2 Å². The van der Waals surface area contributed by atoms with E-state index in [1.807, 2.05) is 200 Å². The van der Waals surface area contributed by atoms with Crippen molar-refractivity contribution >= 4 is 41.1 Å². The highest BCUT2D eigenvalue weighted by molar-refractivity contribution is 9.10. The molecule has 16 nitrogen and oxygen atoms in total. The maximum absolute atomic E-state index is 6.57. The van der Waals surface area contributed by atoms with Crippen molar-refractivity contribution in [1.29, 1.82) is 0 Å². The third-order valence-corrected chi connectivity index (χ3v) is 23.8. The van der Waals surface area contributed by atoms with Gasteiger partial charge in [0.1, 0.15) is 0 Å². The Balaban J connectivity index is 0.000000151. The monoisotopic (exact) mass is 1720 g/mol. The van der Waals surface area contributed by atoms with E-state index in [1.165, 1.54) is 0 Å². The molecule has 2 saturated heterocycles. The van der Waals surface area contributed by atoms with Gasteiger partial charge < -0.3 is 18.6 Å². The molecule has 0 aliphatic carbocycles. The first kappa shape index (κ1) is 83.5. The van der Waals surface area contributed by atoms with E-state index in [1.54, 1.807) is 24.8 Å². The van der Waals surface area contributed by atoms with Crippen LogP contribution in [0.2, 0.25) is 0 Å². The molecule has 2 aliphatic rings. The Morgan fingerprint density at radius 2 is 0.417 bits per heavy atom. The number of hydrogen-bond acceptors (Lipinski definition) is 16. The lowest BCUT2D eigenvalue weighted by Gasteiger charge is -2.32. The summed E-state index contributed by atoms with van der Waals surface area (Å²) in [6.07, 6.45) is 10.9. The number of hydrogen-bond donors (Lipinski definition) is 0. The van der Waals surface area contributed by atoms with Crippen LogP contribution in [0.15, 0.2) is 387 Å². The fraction of sp³-hybridized carbons (Fsp3) is 0.111. The molecule has 0 atom stereocenters. The van der Waals surface area contributed by atoms with Gasteiger partial charge in [-0.3, -0.25) is 29.9 Å². The second kappa shape index (κ2) is 36.4. The van der Waals surface area contributed by atoms with Crippen LogP contribution < -0.4 is 10.9 Å². The van der Waals surface area contributed by atoms with Gasteiger partial charge in [0, 0.05) is 86.2 Å². The van der Waals surface area contributed by atoms with E-state index in [4.69, 9.17) is 58.5 Å². The van der Waals surface area contributed by atoms with Gasteiger partial charge in [0.05, 0.1) is 56.6 Å². The number of nitrogens with zero attached hydrogens (tertiary/aromatic N) is 12.